The zero-order chi connectivity index (χ0) is 19.4. The monoisotopic (exact) mass is 386 g/mol. The third kappa shape index (κ3) is 4.22. The Morgan fingerprint density at radius 3 is 2.81 bits per heavy atom. The molecule has 0 fully saturated rings. The molecule has 0 bridgehead atoms. The number of thiophene rings is 1. The largest absolute Gasteiger partial charge is 0.465 e. The third-order valence-corrected chi connectivity index (χ3v) is 5.51. The van der Waals surface area contributed by atoms with E-state index in [4.69, 9.17) is 4.74 Å². The molecule has 0 spiro atoms. The van der Waals surface area contributed by atoms with Crippen molar-refractivity contribution in [1.82, 2.24) is 0 Å². The van der Waals surface area contributed by atoms with Crippen molar-refractivity contribution in [3.63, 3.8) is 0 Å². The van der Waals surface area contributed by atoms with Gasteiger partial charge in [0.1, 0.15) is 5.00 Å². The number of hydrogen-bond donors (Lipinski definition) is 1. The van der Waals surface area contributed by atoms with Gasteiger partial charge < -0.3 is 10.1 Å². The Hall–Kier alpha value is -3.00. The van der Waals surface area contributed by atoms with E-state index in [-0.39, 0.29) is 5.69 Å². The number of nitro benzene ring substituents is 1. The molecule has 27 heavy (non-hydrogen) atoms. The highest BCUT2D eigenvalue weighted by atomic mass is 32.1. The summed E-state index contributed by atoms with van der Waals surface area (Å²) in [5, 5.41) is 14.1. The molecule has 1 amide bonds. The molecule has 0 aliphatic heterocycles. The third-order valence-electron chi connectivity index (χ3n) is 4.31. The SMILES string of the molecule is COC(=O)c1c(NC(=O)/C=C/c2cccc([N+](=O)[O-])c2)sc2c1CCCC2. The van der Waals surface area contributed by atoms with Gasteiger partial charge in [-0.05, 0) is 42.9 Å². The lowest BCUT2D eigenvalue weighted by molar-refractivity contribution is -0.384. The molecule has 2 aromatic rings. The predicted molar refractivity (Wildman–Crippen MR) is 103 cm³/mol. The van der Waals surface area contributed by atoms with Crippen molar-refractivity contribution in [2.24, 2.45) is 0 Å². The van der Waals surface area contributed by atoms with Crippen LogP contribution in [0, 0.1) is 10.1 Å². The molecule has 0 radical (unpaired) electrons. The first-order valence-corrected chi connectivity index (χ1v) is 9.27. The summed E-state index contributed by atoms with van der Waals surface area (Å²) in [6.45, 7) is 0. The number of esters is 1. The van der Waals surface area contributed by atoms with Crippen molar-refractivity contribution in [1.29, 1.82) is 0 Å². The van der Waals surface area contributed by atoms with Gasteiger partial charge in [-0.2, -0.15) is 0 Å². The van der Waals surface area contributed by atoms with Crippen LogP contribution in [0.5, 0.6) is 0 Å². The minimum absolute atomic E-state index is 0.0449. The summed E-state index contributed by atoms with van der Waals surface area (Å²) in [4.78, 5) is 35.9. The maximum absolute atomic E-state index is 12.3. The first-order chi connectivity index (χ1) is 13.0. The fourth-order valence-electron chi connectivity index (χ4n) is 3.04. The summed E-state index contributed by atoms with van der Waals surface area (Å²) >= 11 is 1.41. The van der Waals surface area contributed by atoms with E-state index < -0.39 is 16.8 Å². The van der Waals surface area contributed by atoms with Crippen LogP contribution in [0.1, 0.15) is 39.2 Å². The minimum atomic E-state index is -0.490. The number of anilines is 1. The van der Waals surface area contributed by atoms with Gasteiger partial charge in [-0.25, -0.2) is 4.79 Å². The van der Waals surface area contributed by atoms with Gasteiger partial charge in [0, 0.05) is 23.1 Å². The smallest absolute Gasteiger partial charge is 0.341 e. The van der Waals surface area contributed by atoms with E-state index in [0.717, 1.165) is 36.1 Å². The number of fused-ring (bicyclic) bond motifs is 1. The van der Waals surface area contributed by atoms with Crippen LogP contribution in [0.25, 0.3) is 6.08 Å². The zero-order valence-electron chi connectivity index (χ0n) is 14.7. The van der Waals surface area contributed by atoms with Crippen molar-refractivity contribution >= 4 is 40.0 Å². The number of nitrogens with zero attached hydrogens (tertiary/aromatic N) is 1. The number of carbonyl (C=O) groups is 2. The number of hydrogen-bond acceptors (Lipinski definition) is 6. The van der Waals surface area contributed by atoms with Crippen LogP contribution in [0.3, 0.4) is 0 Å². The maximum Gasteiger partial charge on any atom is 0.341 e. The number of non-ortho nitro benzene ring substituents is 1. The number of rotatable bonds is 5. The lowest BCUT2D eigenvalue weighted by Gasteiger charge is -2.11. The van der Waals surface area contributed by atoms with Gasteiger partial charge in [-0.1, -0.05) is 12.1 Å². The van der Waals surface area contributed by atoms with E-state index in [0.29, 0.717) is 16.1 Å². The molecule has 0 saturated carbocycles. The summed E-state index contributed by atoms with van der Waals surface area (Å²) in [5.41, 5.74) is 1.90. The highest BCUT2D eigenvalue weighted by Gasteiger charge is 2.26. The molecular formula is C19H18N2O5S. The zero-order valence-corrected chi connectivity index (χ0v) is 15.5. The number of amides is 1. The number of nitro groups is 1. The molecule has 7 nitrogen and oxygen atoms in total. The van der Waals surface area contributed by atoms with Crippen LogP contribution in [0.15, 0.2) is 30.3 Å². The fourth-order valence-corrected chi connectivity index (χ4v) is 4.32. The molecule has 0 atom stereocenters. The molecule has 0 saturated heterocycles. The Balaban J connectivity index is 1.80. The first kappa shape index (κ1) is 18.8. The van der Waals surface area contributed by atoms with E-state index in [1.54, 1.807) is 12.1 Å². The fraction of sp³-hybridized carbons (Fsp3) is 0.263. The lowest BCUT2D eigenvalue weighted by Crippen LogP contribution is -2.13. The second-order valence-corrected chi connectivity index (χ2v) is 7.19. The van der Waals surface area contributed by atoms with Gasteiger partial charge in [0.25, 0.3) is 5.69 Å². The predicted octanol–water partition coefficient (Wildman–Crippen LogP) is 3.97. The normalized spacial score (nSPS) is 13.2. The van der Waals surface area contributed by atoms with Crippen molar-refractivity contribution in [3.8, 4) is 0 Å². The number of ether oxygens (including phenoxy) is 1. The molecule has 1 heterocycles. The van der Waals surface area contributed by atoms with Crippen molar-refractivity contribution < 1.29 is 19.2 Å². The standard InChI is InChI=1S/C19H18N2O5S/c1-26-19(23)17-14-7-2-3-8-15(14)27-18(17)20-16(22)10-9-12-5-4-6-13(11-12)21(24)25/h4-6,9-11H,2-3,7-8H2,1H3,(H,20,22)/b10-9+. The molecule has 0 unspecified atom stereocenters. The Bertz CT molecular complexity index is 932. The van der Waals surface area contributed by atoms with Gasteiger partial charge >= 0.3 is 5.97 Å². The van der Waals surface area contributed by atoms with E-state index >= 15 is 0 Å². The van der Waals surface area contributed by atoms with E-state index in [2.05, 4.69) is 5.32 Å². The summed E-state index contributed by atoms with van der Waals surface area (Å²) in [6, 6.07) is 5.99. The first-order valence-electron chi connectivity index (χ1n) is 8.46. The van der Waals surface area contributed by atoms with E-state index in [1.165, 1.54) is 42.7 Å². The molecule has 8 heteroatoms. The van der Waals surface area contributed by atoms with Crippen molar-refractivity contribution in [2.75, 3.05) is 12.4 Å². The second kappa shape index (κ2) is 8.13. The van der Waals surface area contributed by atoms with Gasteiger partial charge in [-0.15, -0.1) is 11.3 Å². The molecule has 3 rings (SSSR count). The topological polar surface area (TPSA) is 98.5 Å². The van der Waals surface area contributed by atoms with Crippen LogP contribution < -0.4 is 5.32 Å². The number of carbonyl (C=O) groups excluding carboxylic acids is 2. The highest BCUT2D eigenvalue weighted by molar-refractivity contribution is 7.17. The quantitative estimate of drug-likeness (QED) is 0.363. The van der Waals surface area contributed by atoms with Gasteiger partial charge in [0.05, 0.1) is 17.6 Å². The van der Waals surface area contributed by atoms with Crippen LogP contribution in [0.2, 0.25) is 0 Å². The molecule has 1 aromatic heterocycles. The average Bonchev–Trinajstić information content (AvgIpc) is 3.03. The summed E-state index contributed by atoms with van der Waals surface area (Å²) in [6.07, 6.45) is 6.55. The van der Waals surface area contributed by atoms with Crippen LogP contribution in [-0.4, -0.2) is 23.9 Å². The molecule has 1 N–H and O–H groups in total. The van der Waals surface area contributed by atoms with Crippen LogP contribution >= 0.6 is 11.3 Å². The molecule has 1 aliphatic rings. The number of nitrogens with one attached hydrogen (secondary N) is 1. The molecule has 1 aliphatic carbocycles. The van der Waals surface area contributed by atoms with Crippen molar-refractivity contribution in [2.45, 2.75) is 25.7 Å². The number of methoxy groups -OCH3 is 1. The molecule has 1 aromatic carbocycles. The van der Waals surface area contributed by atoms with Gasteiger partial charge in [0.2, 0.25) is 5.91 Å². The van der Waals surface area contributed by atoms with Crippen LogP contribution in [0.4, 0.5) is 10.7 Å². The van der Waals surface area contributed by atoms with Gasteiger partial charge in [0.15, 0.2) is 0 Å². The summed E-state index contributed by atoms with van der Waals surface area (Å²) in [7, 11) is 1.32. The average molecular weight is 386 g/mol. The van der Waals surface area contributed by atoms with Crippen molar-refractivity contribution in [3.05, 3.63) is 62.0 Å². The molecule has 140 valence electrons. The Labute approximate surface area is 159 Å². The molecular weight excluding hydrogens is 368 g/mol. The Morgan fingerprint density at radius 1 is 1.30 bits per heavy atom. The summed E-state index contributed by atoms with van der Waals surface area (Å²) < 4.78 is 4.88. The number of aryl methyl sites for hydroxylation is 1. The second-order valence-electron chi connectivity index (χ2n) is 6.08. The Kier molecular flexibility index (Phi) is 5.66. The minimum Gasteiger partial charge on any atom is -0.465 e. The lowest BCUT2D eigenvalue weighted by atomic mass is 9.95. The van der Waals surface area contributed by atoms with Gasteiger partial charge in [-0.3, -0.25) is 14.9 Å². The van der Waals surface area contributed by atoms with E-state index in [9.17, 15) is 19.7 Å². The maximum atomic E-state index is 12.3. The number of benzene rings is 1. The Morgan fingerprint density at radius 2 is 2.07 bits per heavy atom. The summed E-state index contributed by atoms with van der Waals surface area (Å²) in [5.74, 6) is -0.863. The highest BCUT2D eigenvalue weighted by Crippen LogP contribution is 2.38. The van der Waals surface area contributed by atoms with Crippen LogP contribution in [-0.2, 0) is 22.4 Å². The van der Waals surface area contributed by atoms with E-state index in [1.807, 2.05) is 0 Å².